The highest BCUT2D eigenvalue weighted by atomic mass is 16.1. The predicted molar refractivity (Wildman–Crippen MR) is 46.3 cm³/mol. The lowest BCUT2D eigenvalue weighted by molar-refractivity contribution is -0.110. The Hall–Kier alpha value is -0.590. The first-order valence-corrected chi connectivity index (χ1v) is 4.21. The van der Waals surface area contributed by atoms with Crippen molar-refractivity contribution >= 4 is 6.29 Å². The average molecular weight is 152 g/mol. The zero-order valence-electron chi connectivity index (χ0n) is 7.39. The van der Waals surface area contributed by atoms with Gasteiger partial charge in [0.2, 0.25) is 0 Å². The Balaban J connectivity index is 2.71. The molecule has 62 valence electrons. The van der Waals surface area contributed by atoms with E-state index in [4.69, 9.17) is 0 Å². The largest absolute Gasteiger partial charge is 0.303 e. The summed E-state index contributed by atoms with van der Waals surface area (Å²) in [6, 6.07) is 0. The molecule has 1 saturated carbocycles. The highest BCUT2D eigenvalue weighted by Crippen LogP contribution is 2.47. The molecule has 0 heterocycles. The number of carbonyl (C=O) groups excluding carboxylic acids is 1. The van der Waals surface area contributed by atoms with Gasteiger partial charge in [0.25, 0.3) is 0 Å². The van der Waals surface area contributed by atoms with Gasteiger partial charge in [-0.05, 0) is 24.2 Å². The number of rotatable bonds is 2. The van der Waals surface area contributed by atoms with Crippen LogP contribution >= 0.6 is 0 Å². The van der Waals surface area contributed by atoms with Crippen molar-refractivity contribution in [3.63, 3.8) is 0 Å². The standard InChI is InChI=1S/C10H16O/c1-8-4-5-10(3,6-7-11)9(8)2/h7,9H,1,4-6H2,2-3H3/t9-,10-/m1/s1. The Kier molecular flexibility index (Phi) is 2.17. The summed E-state index contributed by atoms with van der Waals surface area (Å²) in [6.45, 7) is 8.36. The van der Waals surface area contributed by atoms with Crippen LogP contribution in [0.1, 0.15) is 33.1 Å². The van der Waals surface area contributed by atoms with Gasteiger partial charge in [-0.25, -0.2) is 0 Å². The van der Waals surface area contributed by atoms with E-state index in [0.29, 0.717) is 12.3 Å². The van der Waals surface area contributed by atoms with Crippen LogP contribution in [0.25, 0.3) is 0 Å². The lowest BCUT2D eigenvalue weighted by Crippen LogP contribution is -2.20. The van der Waals surface area contributed by atoms with Crippen molar-refractivity contribution in [2.45, 2.75) is 33.1 Å². The lowest BCUT2D eigenvalue weighted by atomic mass is 9.78. The summed E-state index contributed by atoms with van der Waals surface area (Å²) in [7, 11) is 0. The molecular formula is C10H16O. The minimum atomic E-state index is 0.207. The topological polar surface area (TPSA) is 17.1 Å². The smallest absolute Gasteiger partial charge is 0.120 e. The molecule has 0 N–H and O–H groups in total. The van der Waals surface area contributed by atoms with Crippen LogP contribution in [0.3, 0.4) is 0 Å². The normalized spacial score (nSPS) is 37.6. The summed E-state index contributed by atoms with van der Waals surface area (Å²) < 4.78 is 0. The van der Waals surface area contributed by atoms with Gasteiger partial charge in [-0.2, -0.15) is 0 Å². The van der Waals surface area contributed by atoms with Crippen molar-refractivity contribution < 1.29 is 4.79 Å². The Bertz CT molecular complexity index is 183. The van der Waals surface area contributed by atoms with Gasteiger partial charge in [-0.3, -0.25) is 0 Å². The molecule has 0 saturated heterocycles. The van der Waals surface area contributed by atoms with Crippen molar-refractivity contribution in [1.82, 2.24) is 0 Å². The lowest BCUT2D eigenvalue weighted by Gasteiger charge is -2.26. The monoisotopic (exact) mass is 152 g/mol. The molecule has 1 heteroatoms. The van der Waals surface area contributed by atoms with Crippen molar-refractivity contribution in [3.8, 4) is 0 Å². The molecule has 0 aliphatic heterocycles. The van der Waals surface area contributed by atoms with Crippen LogP contribution in [0, 0.1) is 11.3 Å². The van der Waals surface area contributed by atoms with Crippen LogP contribution in [0.4, 0.5) is 0 Å². The molecule has 1 aliphatic rings. The van der Waals surface area contributed by atoms with Crippen LogP contribution in [0.5, 0.6) is 0 Å². The summed E-state index contributed by atoms with van der Waals surface area (Å²) in [5.41, 5.74) is 1.52. The molecule has 0 bridgehead atoms. The number of aldehydes is 1. The molecule has 0 aromatic heterocycles. The summed E-state index contributed by atoms with van der Waals surface area (Å²) in [5.74, 6) is 0.521. The molecular weight excluding hydrogens is 136 g/mol. The molecule has 0 aromatic carbocycles. The summed E-state index contributed by atoms with van der Waals surface area (Å²) in [5, 5.41) is 0. The Labute approximate surface area is 68.5 Å². The number of carbonyl (C=O) groups is 1. The molecule has 1 fully saturated rings. The van der Waals surface area contributed by atoms with Crippen molar-refractivity contribution in [2.24, 2.45) is 11.3 Å². The number of allylic oxidation sites excluding steroid dienone is 1. The van der Waals surface area contributed by atoms with Gasteiger partial charge in [-0.1, -0.05) is 26.0 Å². The van der Waals surface area contributed by atoms with Gasteiger partial charge in [0.15, 0.2) is 0 Å². The summed E-state index contributed by atoms with van der Waals surface area (Å²) in [6.07, 6.45) is 3.96. The SMILES string of the molecule is C=C1CC[C@](C)(CC=O)[C@@H]1C. The highest BCUT2D eigenvalue weighted by Gasteiger charge is 2.37. The van der Waals surface area contributed by atoms with Crippen molar-refractivity contribution in [2.75, 3.05) is 0 Å². The van der Waals surface area contributed by atoms with E-state index in [9.17, 15) is 4.79 Å². The van der Waals surface area contributed by atoms with E-state index in [1.165, 1.54) is 5.57 Å². The first-order valence-electron chi connectivity index (χ1n) is 4.21. The van der Waals surface area contributed by atoms with Crippen LogP contribution in [0.2, 0.25) is 0 Å². The summed E-state index contributed by atoms with van der Waals surface area (Å²) >= 11 is 0. The van der Waals surface area contributed by atoms with Gasteiger partial charge in [0.1, 0.15) is 6.29 Å². The van der Waals surface area contributed by atoms with E-state index in [1.54, 1.807) is 0 Å². The Morgan fingerprint density at radius 2 is 2.45 bits per heavy atom. The van der Waals surface area contributed by atoms with Crippen LogP contribution in [-0.2, 0) is 4.79 Å². The fraction of sp³-hybridized carbons (Fsp3) is 0.700. The summed E-state index contributed by atoms with van der Waals surface area (Å²) in [4.78, 5) is 10.4. The molecule has 0 amide bonds. The second-order valence-corrected chi connectivity index (χ2v) is 3.90. The number of hydrogen-bond acceptors (Lipinski definition) is 1. The van der Waals surface area contributed by atoms with Gasteiger partial charge in [-0.15, -0.1) is 0 Å². The van der Waals surface area contributed by atoms with Crippen LogP contribution < -0.4 is 0 Å². The second kappa shape index (κ2) is 2.80. The Morgan fingerprint density at radius 3 is 2.82 bits per heavy atom. The highest BCUT2D eigenvalue weighted by molar-refractivity contribution is 5.51. The molecule has 0 aromatic rings. The van der Waals surface area contributed by atoms with Crippen molar-refractivity contribution in [3.05, 3.63) is 12.2 Å². The third-order valence-electron chi connectivity index (χ3n) is 3.22. The van der Waals surface area contributed by atoms with Gasteiger partial charge < -0.3 is 4.79 Å². The van der Waals surface area contributed by atoms with Crippen molar-refractivity contribution in [1.29, 1.82) is 0 Å². The fourth-order valence-electron chi connectivity index (χ4n) is 1.84. The Morgan fingerprint density at radius 1 is 1.82 bits per heavy atom. The zero-order chi connectivity index (χ0) is 8.48. The van der Waals surface area contributed by atoms with Gasteiger partial charge in [0, 0.05) is 6.42 Å². The van der Waals surface area contributed by atoms with Gasteiger partial charge >= 0.3 is 0 Å². The molecule has 1 nitrogen and oxygen atoms in total. The molecule has 0 unspecified atom stereocenters. The van der Waals surface area contributed by atoms with Crippen LogP contribution in [0.15, 0.2) is 12.2 Å². The molecule has 1 aliphatic carbocycles. The maximum Gasteiger partial charge on any atom is 0.120 e. The first kappa shape index (κ1) is 8.51. The fourth-order valence-corrected chi connectivity index (χ4v) is 1.84. The average Bonchev–Trinajstić information content (AvgIpc) is 2.19. The van der Waals surface area contributed by atoms with E-state index < -0.39 is 0 Å². The molecule has 2 atom stereocenters. The first-order chi connectivity index (χ1) is 5.10. The minimum Gasteiger partial charge on any atom is -0.303 e. The van der Waals surface area contributed by atoms with E-state index in [0.717, 1.165) is 19.1 Å². The van der Waals surface area contributed by atoms with E-state index >= 15 is 0 Å². The predicted octanol–water partition coefficient (Wildman–Crippen LogP) is 2.57. The maximum absolute atomic E-state index is 10.4. The third-order valence-corrected chi connectivity index (χ3v) is 3.22. The molecule has 0 spiro atoms. The third kappa shape index (κ3) is 1.37. The van der Waals surface area contributed by atoms with Crippen LogP contribution in [-0.4, -0.2) is 6.29 Å². The number of hydrogen-bond donors (Lipinski definition) is 0. The quantitative estimate of drug-likeness (QED) is 0.439. The molecule has 11 heavy (non-hydrogen) atoms. The minimum absolute atomic E-state index is 0.207. The molecule has 0 radical (unpaired) electrons. The van der Waals surface area contributed by atoms with E-state index in [1.807, 2.05) is 0 Å². The van der Waals surface area contributed by atoms with E-state index in [2.05, 4.69) is 20.4 Å². The second-order valence-electron chi connectivity index (χ2n) is 3.90. The molecule has 1 rings (SSSR count). The zero-order valence-corrected chi connectivity index (χ0v) is 7.39. The maximum atomic E-state index is 10.4. The van der Waals surface area contributed by atoms with Gasteiger partial charge in [0.05, 0.1) is 0 Å². The van der Waals surface area contributed by atoms with E-state index in [-0.39, 0.29) is 5.41 Å².